The zero-order chi connectivity index (χ0) is 28.6. The van der Waals surface area contributed by atoms with Gasteiger partial charge in [-0.25, -0.2) is 0 Å². The fourth-order valence-electron chi connectivity index (χ4n) is 5.53. The first-order chi connectivity index (χ1) is 18.8. The van der Waals surface area contributed by atoms with Gasteiger partial charge in [-0.2, -0.15) is 4.57 Å². The smallest absolute Gasteiger partial charge is 0.256 e. The van der Waals surface area contributed by atoms with Crippen molar-refractivity contribution in [3.8, 4) is 11.3 Å². The third kappa shape index (κ3) is 3.27. The van der Waals surface area contributed by atoms with E-state index in [0.29, 0.717) is 22.2 Å². The lowest BCUT2D eigenvalue weighted by molar-refractivity contribution is -0.659. The monoisotopic (exact) mass is 441 g/mol. The van der Waals surface area contributed by atoms with Crippen molar-refractivity contribution in [3.05, 3.63) is 77.0 Å². The fourth-order valence-corrected chi connectivity index (χ4v) is 5.53. The molecule has 0 unspecified atom stereocenters. The first-order valence-electron chi connectivity index (χ1n) is 15.2. The van der Waals surface area contributed by atoms with Crippen LogP contribution in [0.1, 0.15) is 69.8 Å². The quantitative estimate of drug-likeness (QED) is 0.252. The van der Waals surface area contributed by atoms with Crippen LogP contribution < -0.4 is 4.57 Å². The second-order valence-corrected chi connectivity index (χ2v) is 9.38. The van der Waals surface area contributed by atoms with E-state index in [0.717, 1.165) is 58.5 Å². The molecule has 0 amide bonds. The third-order valence-corrected chi connectivity index (χ3v) is 7.18. The average molecular weight is 442 g/mol. The van der Waals surface area contributed by atoms with E-state index >= 15 is 0 Å². The zero-order valence-electron chi connectivity index (χ0n) is 26.1. The number of nitrogens with zero attached hydrogens (tertiary/aromatic N) is 1. The van der Waals surface area contributed by atoms with E-state index in [1.807, 2.05) is 31.2 Å². The molecule has 6 rings (SSSR count). The van der Waals surface area contributed by atoms with Crippen LogP contribution in [0, 0.1) is 20.6 Å². The van der Waals surface area contributed by atoms with Crippen LogP contribution in [-0.4, -0.2) is 0 Å². The van der Waals surface area contributed by atoms with Gasteiger partial charge in [0.15, 0.2) is 6.20 Å². The van der Waals surface area contributed by atoms with Crippen molar-refractivity contribution in [2.24, 2.45) is 7.05 Å². The van der Waals surface area contributed by atoms with Crippen molar-refractivity contribution < 1.29 is 18.6 Å². The molecule has 2 heterocycles. The summed E-state index contributed by atoms with van der Waals surface area (Å²) in [4.78, 5) is 0. The van der Waals surface area contributed by atoms with Gasteiger partial charge in [-0.3, -0.25) is 0 Å². The summed E-state index contributed by atoms with van der Waals surface area (Å²) in [6.07, 6.45) is 6.65. The van der Waals surface area contributed by atoms with Gasteiger partial charge in [0.1, 0.15) is 12.6 Å². The van der Waals surface area contributed by atoms with Crippen LogP contribution >= 0.6 is 0 Å². The van der Waals surface area contributed by atoms with E-state index in [-0.39, 0.29) is 11.1 Å². The van der Waals surface area contributed by atoms with Crippen LogP contribution in [0.4, 0.5) is 0 Å². The molecule has 2 nitrogen and oxygen atoms in total. The Labute approximate surface area is 205 Å². The number of hydrogen-bond donors (Lipinski definition) is 0. The number of fused-ring (bicyclic) bond motifs is 5. The normalized spacial score (nSPS) is 20.0. The number of benzene rings is 3. The molecule has 0 saturated heterocycles. The molecular weight excluding hydrogens is 402 g/mol. The maximum atomic E-state index is 9.08. The van der Waals surface area contributed by atoms with Crippen molar-refractivity contribution in [1.82, 2.24) is 0 Å². The van der Waals surface area contributed by atoms with Crippen LogP contribution in [0.5, 0.6) is 0 Å². The summed E-state index contributed by atoms with van der Waals surface area (Å²) in [5, 5.41) is 3.09. The Hall–Kier alpha value is -3.13. The molecule has 2 aromatic heterocycles. The highest BCUT2D eigenvalue weighted by molar-refractivity contribution is 6.17. The van der Waals surface area contributed by atoms with E-state index in [2.05, 4.69) is 6.07 Å². The van der Waals surface area contributed by atoms with Crippen LogP contribution in [0.25, 0.3) is 44.0 Å². The first kappa shape index (κ1) is 14.2. The Kier molecular flexibility index (Phi) is 3.33. The minimum absolute atomic E-state index is 0.201. The first-order valence-corrected chi connectivity index (χ1v) is 11.7. The van der Waals surface area contributed by atoms with Crippen LogP contribution in [0.15, 0.2) is 59.1 Å². The summed E-state index contributed by atoms with van der Waals surface area (Å²) in [5.74, 6) is -0.580. The summed E-state index contributed by atoms with van der Waals surface area (Å²) in [6, 6.07) is 15.1. The largest absolute Gasteiger partial charge is 0.448 e. The Morgan fingerprint density at radius 3 is 2.55 bits per heavy atom. The molecule has 2 heteroatoms. The van der Waals surface area contributed by atoms with Crippen LogP contribution in [-0.2, 0) is 7.05 Å². The van der Waals surface area contributed by atoms with Gasteiger partial charge < -0.3 is 4.42 Å². The van der Waals surface area contributed by atoms with Crippen molar-refractivity contribution in [2.75, 3.05) is 0 Å². The lowest BCUT2D eigenvalue weighted by Crippen LogP contribution is -2.31. The molecule has 0 atom stereocenters. The SMILES string of the molecule is [2H]C([2H])([2H])c1ccc(-c2c3oc4c5ccc(C6([2H])CCCCC6)cc5ccc4c3c(C([2H])([2H])[2H])c[n+]2C)c(C)c1. The molecule has 0 N–H and O–H groups in total. The van der Waals surface area contributed by atoms with E-state index in [1.54, 1.807) is 36.0 Å². The molecule has 1 aliphatic carbocycles. The number of rotatable bonds is 2. The highest BCUT2D eigenvalue weighted by Crippen LogP contribution is 2.41. The van der Waals surface area contributed by atoms with Gasteiger partial charge in [0.25, 0.3) is 5.69 Å². The summed E-state index contributed by atoms with van der Waals surface area (Å²) in [5.41, 5.74) is 4.75. The lowest BCUT2D eigenvalue weighted by atomic mass is 9.83. The van der Waals surface area contributed by atoms with Gasteiger partial charge >= 0.3 is 0 Å². The highest BCUT2D eigenvalue weighted by atomic mass is 16.3. The number of aromatic nitrogens is 1. The summed E-state index contributed by atoms with van der Waals surface area (Å²) in [6.45, 7) is -2.74. The molecule has 0 radical (unpaired) electrons. The number of aryl methyl sites for hydroxylation is 4. The Bertz CT molecular complexity index is 1790. The lowest BCUT2D eigenvalue weighted by Gasteiger charge is -2.22. The Morgan fingerprint density at radius 1 is 0.909 bits per heavy atom. The molecule has 1 saturated carbocycles. The fraction of sp³-hybridized carbons (Fsp3) is 0.323. The standard InChI is InChI=1S/C31H32NO/c1-19-10-13-25(20(2)16-19)29-31-28(21(3)18-32(29)4)27-15-12-24-17-23(22-8-6-5-7-9-22)11-14-26(24)30(27)33-31/h10-18,22H,5-9H2,1-4H3/q+1/i1D3,3D3,22D. The van der Waals surface area contributed by atoms with Gasteiger partial charge in [0.05, 0.1) is 5.56 Å². The van der Waals surface area contributed by atoms with Crippen molar-refractivity contribution in [3.63, 3.8) is 0 Å². The topological polar surface area (TPSA) is 17.0 Å². The number of furan rings is 1. The van der Waals surface area contributed by atoms with Crippen molar-refractivity contribution in [2.45, 2.75) is 58.6 Å². The maximum Gasteiger partial charge on any atom is 0.256 e. The van der Waals surface area contributed by atoms with Gasteiger partial charge in [-0.1, -0.05) is 61.2 Å². The molecule has 1 aliphatic rings. The minimum atomic E-state index is -2.37. The minimum Gasteiger partial charge on any atom is -0.448 e. The Balaban J connectivity index is 1.64. The highest BCUT2D eigenvalue weighted by Gasteiger charge is 2.25. The van der Waals surface area contributed by atoms with Gasteiger partial charge in [0, 0.05) is 31.3 Å². The van der Waals surface area contributed by atoms with Gasteiger partial charge in [-0.15, -0.1) is 0 Å². The predicted molar refractivity (Wildman–Crippen MR) is 138 cm³/mol. The molecule has 0 aliphatic heterocycles. The molecule has 0 spiro atoms. The van der Waals surface area contributed by atoms with E-state index < -0.39 is 19.6 Å². The van der Waals surface area contributed by atoms with E-state index in [9.17, 15) is 0 Å². The van der Waals surface area contributed by atoms with Crippen LogP contribution in [0.2, 0.25) is 0 Å². The average Bonchev–Trinajstić information content (AvgIpc) is 3.27. The van der Waals surface area contributed by atoms with E-state index in [1.165, 1.54) is 6.42 Å². The summed E-state index contributed by atoms with van der Waals surface area (Å²) in [7, 11) is 1.79. The molecule has 3 aromatic carbocycles. The third-order valence-electron chi connectivity index (χ3n) is 7.18. The molecule has 1 fully saturated rings. The number of hydrogen-bond acceptors (Lipinski definition) is 1. The number of pyridine rings is 1. The molecular formula is C31H32NO+. The van der Waals surface area contributed by atoms with Crippen molar-refractivity contribution in [1.29, 1.82) is 0 Å². The van der Waals surface area contributed by atoms with E-state index in [4.69, 9.17) is 14.0 Å². The molecule has 0 bridgehead atoms. The second kappa shape index (κ2) is 7.73. The molecule has 5 aromatic rings. The van der Waals surface area contributed by atoms with Gasteiger partial charge in [0.2, 0.25) is 5.58 Å². The van der Waals surface area contributed by atoms with Crippen LogP contribution in [0.3, 0.4) is 0 Å². The van der Waals surface area contributed by atoms with Crippen molar-refractivity contribution >= 4 is 32.7 Å². The maximum absolute atomic E-state index is 9.08. The summed E-state index contributed by atoms with van der Waals surface area (Å²) >= 11 is 0. The Morgan fingerprint density at radius 2 is 1.76 bits per heavy atom. The zero-order valence-corrected chi connectivity index (χ0v) is 19.1. The van der Waals surface area contributed by atoms with Gasteiger partial charge in [-0.05, 0) is 68.0 Å². The molecule has 166 valence electrons. The molecule has 33 heavy (non-hydrogen) atoms. The second-order valence-electron chi connectivity index (χ2n) is 9.38. The summed E-state index contributed by atoms with van der Waals surface area (Å²) < 4.78 is 65.7. The predicted octanol–water partition coefficient (Wildman–Crippen LogP) is 8.20.